The van der Waals surface area contributed by atoms with Crippen molar-refractivity contribution >= 4 is 29.1 Å². The zero-order valence-electron chi connectivity index (χ0n) is 17.1. The monoisotopic (exact) mass is 427 g/mol. The molecule has 3 nitrogen and oxygen atoms in total. The summed E-state index contributed by atoms with van der Waals surface area (Å²) < 4.78 is 0. The summed E-state index contributed by atoms with van der Waals surface area (Å²) in [6.07, 6.45) is 4.21. The Morgan fingerprint density at radius 2 is 1.45 bits per heavy atom. The highest BCUT2D eigenvalue weighted by atomic mass is 35.5. The van der Waals surface area contributed by atoms with Gasteiger partial charge in [0.1, 0.15) is 0 Å². The molecule has 1 saturated heterocycles. The van der Waals surface area contributed by atoms with Gasteiger partial charge in [-0.05, 0) is 36.2 Å². The molecule has 0 bridgehead atoms. The number of imide groups is 1. The molecule has 0 radical (unpaired) electrons. The Bertz CT molecular complexity index is 1170. The number of hydrogen-bond acceptors (Lipinski definition) is 2. The van der Waals surface area contributed by atoms with Crippen LogP contribution < -0.4 is 4.90 Å². The Balaban J connectivity index is 1.69. The first-order chi connectivity index (χ1) is 15.0. The molecule has 1 aliphatic heterocycles. The molecule has 4 atom stereocenters. The minimum absolute atomic E-state index is 0.172. The van der Waals surface area contributed by atoms with E-state index in [1.165, 1.54) is 4.90 Å². The van der Waals surface area contributed by atoms with Gasteiger partial charge in [-0.1, -0.05) is 90.5 Å². The van der Waals surface area contributed by atoms with E-state index >= 15 is 0 Å². The lowest BCUT2D eigenvalue weighted by Gasteiger charge is -2.41. The summed E-state index contributed by atoms with van der Waals surface area (Å²) in [5.41, 5.74) is 1.69. The van der Waals surface area contributed by atoms with E-state index in [-0.39, 0.29) is 23.7 Å². The van der Waals surface area contributed by atoms with E-state index in [0.717, 1.165) is 11.1 Å². The number of carbonyl (C=O) groups excluding carboxylic acids is 2. The second-order valence-electron chi connectivity index (χ2n) is 8.43. The summed E-state index contributed by atoms with van der Waals surface area (Å²) in [5.74, 6) is -1.22. The number of halogens is 1. The third kappa shape index (κ3) is 3.03. The van der Waals surface area contributed by atoms with Gasteiger partial charge < -0.3 is 0 Å². The minimum atomic E-state index is -0.907. The second kappa shape index (κ2) is 7.51. The van der Waals surface area contributed by atoms with Gasteiger partial charge in [-0.3, -0.25) is 9.59 Å². The summed E-state index contributed by atoms with van der Waals surface area (Å²) in [7, 11) is 0. The SMILES string of the molecule is C[C@]12C(=O)N(c3cccc(Cl)c3)C(=O)[C@@H]1[C@@H](c1ccccc1)C=C[C@@H]2c1ccccc1. The van der Waals surface area contributed by atoms with Crippen molar-refractivity contribution in [3.8, 4) is 0 Å². The van der Waals surface area contributed by atoms with Crippen LogP contribution in [0.4, 0.5) is 5.69 Å². The van der Waals surface area contributed by atoms with E-state index in [0.29, 0.717) is 10.7 Å². The molecule has 1 heterocycles. The predicted octanol–water partition coefficient (Wildman–Crippen LogP) is 5.97. The van der Waals surface area contributed by atoms with E-state index in [1.54, 1.807) is 24.3 Å². The van der Waals surface area contributed by atoms with Crippen LogP contribution in [0.15, 0.2) is 97.1 Å². The Morgan fingerprint density at radius 1 is 0.806 bits per heavy atom. The fraction of sp³-hybridized carbons (Fsp3) is 0.185. The standard InChI is InChI=1S/C27H22ClNO2/c1-27-23(19-11-6-3-7-12-19)16-15-22(18-9-4-2-5-10-18)24(27)25(30)29(26(27)31)21-14-8-13-20(28)17-21/h2-17,22-24H,1H3/t22-,23-,24+,27-/m1/s1. The maximum atomic E-state index is 14.0. The fourth-order valence-electron chi connectivity index (χ4n) is 5.22. The fourth-order valence-corrected chi connectivity index (χ4v) is 5.41. The summed E-state index contributed by atoms with van der Waals surface area (Å²) in [6, 6.07) is 26.9. The van der Waals surface area contributed by atoms with Gasteiger partial charge >= 0.3 is 0 Å². The van der Waals surface area contributed by atoms with Gasteiger partial charge in [0.05, 0.1) is 17.0 Å². The molecule has 154 valence electrons. The zero-order chi connectivity index (χ0) is 21.6. The maximum Gasteiger partial charge on any atom is 0.241 e. The Morgan fingerprint density at radius 3 is 2.10 bits per heavy atom. The molecular weight excluding hydrogens is 406 g/mol. The van der Waals surface area contributed by atoms with Gasteiger partial charge in [0, 0.05) is 16.9 Å². The molecule has 2 amide bonds. The van der Waals surface area contributed by atoms with Crippen LogP contribution in [-0.4, -0.2) is 11.8 Å². The van der Waals surface area contributed by atoms with Crippen molar-refractivity contribution in [2.75, 3.05) is 4.90 Å². The number of anilines is 1. The van der Waals surface area contributed by atoms with Crippen molar-refractivity contribution in [3.05, 3.63) is 113 Å². The molecule has 0 aromatic heterocycles. The third-order valence-electron chi connectivity index (χ3n) is 6.72. The number of amides is 2. The molecule has 31 heavy (non-hydrogen) atoms. The molecule has 4 heteroatoms. The molecule has 3 aromatic carbocycles. The molecule has 0 saturated carbocycles. The molecule has 0 unspecified atom stereocenters. The molecule has 2 aliphatic rings. The van der Waals surface area contributed by atoms with E-state index in [2.05, 4.69) is 12.2 Å². The van der Waals surface area contributed by atoms with Crippen molar-refractivity contribution in [2.45, 2.75) is 18.8 Å². The Kier molecular flexibility index (Phi) is 4.79. The van der Waals surface area contributed by atoms with Crippen LogP contribution in [0.2, 0.25) is 5.02 Å². The highest BCUT2D eigenvalue weighted by Gasteiger charge is 2.63. The van der Waals surface area contributed by atoms with Gasteiger partial charge in [0.2, 0.25) is 11.8 Å². The van der Waals surface area contributed by atoms with Crippen molar-refractivity contribution in [1.29, 1.82) is 0 Å². The summed E-state index contributed by atoms with van der Waals surface area (Å²) in [6.45, 7) is 1.94. The maximum absolute atomic E-state index is 14.0. The number of hydrogen-bond donors (Lipinski definition) is 0. The van der Waals surface area contributed by atoms with Crippen LogP contribution >= 0.6 is 11.6 Å². The predicted molar refractivity (Wildman–Crippen MR) is 123 cm³/mol. The van der Waals surface area contributed by atoms with Crippen LogP contribution in [-0.2, 0) is 9.59 Å². The first-order valence-electron chi connectivity index (χ1n) is 10.4. The number of carbonyl (C=O) groups is 2. The van der Waals surface area contributed by atoms with Crippen LogP contribution in [0.5, 0.6) is 0 Å². The van der Waals surface area contributed by atoms with Crippen LogP contribution in [0.25, 0.3) is 0 Å². The summed E-state index contributed by atoms with van der Waals surface area (Å²) >= 11 is 6.19. The molecular formula is C27H22ClNO2. The van der Waals surface area contributed by atoms with E-state index < -0.39 is 11.3 Å². The zero-order valence-corrected chi connectivity index (χ0v) is 17.9. The van der Waals surface area contributed by atoms with Gasteiger partial charge in [-0.2, -0.15) is 0 Å². The highest BCUT2D eigenvalue weighted by molar-refractivity contribution is 6.31. The lowest BCUT2D eigenvalue weighted by Crippen LogP contribution is -2.42. The van der Waals surface area contributed by atoms with Crippen molar-refractivity contribution in [3.63, 3.8) is 0 Å². The smallest absolute Gasteiger partial charge is 0.241 e. The lowest BCUT2D eigenvalue weighted by molar-refractivity contribution is -0.127. The Labute approximate surface area is 187 Å². The quantitative estimate of drug-likeness (QED) is 0.381. The first kappa shape index (κ1) is 19.8. The summed E-state index contributed by atoms with van der Waals surface area (Å²) in [4.78, 5) is 29.2. The molecule has 5 rings (SSSR count). The minimum Gasteiger partial charge on any atom is -0.274 e. The number of nitrogens with zero attached hydrogens (tertiary/aromatic N) is 1. The van der Waals surface area contributed by atoms with E-state index in [9.17, 15) is 9.59 Å². The van der Waals surface area contributed by atoms with Gasteiger partial charge in [0.15, 0.2) is 0 Å². The topological polar surface area (TPSA) is 37.4 Å². The highest BCUT2D eigenvalue weighted by Crippen LogP contribution is 2.57. The second-order valence-corrected chi connectivity index (χ2v) is 8.87. The number of benzene rings is 3. The van der Waals surface area contributed by atoms with Crippen LogP contribution in [0.3, 0.4) is 0 Å². The van der Waals surface area contributed by atoms with Crippen LogP contribution in [0.1, 0.15) is 29.9 Å². The van der Waals surface area contributed by atoms with Crippen molar-refractivity contribution < 1.29 is 9.59 Å². The number of rotatable bonds is 3. The number of fused-ring (bicyclic) bond motifs is 1. The average molecular weight is 428 g/mol. The number of allylic oxidation sites excluding steroid dienone is 2. The largest absolute Gasteiger partial charge is 0.274 e. The summed E-state index contributed by atoms with van der Waals surface area (Å²) in [5, 5.41) is 0.496. The average Bonchev–Trinajstić information content (AvgIpc) is 3.00. The van der Waals surface area contributed by atoms with Crippen molar-refractivity contribution in [2.24, 2.45) is 11.3 Å². The molecule has 1 fully saturated rings. The van der Waals surface area contributed by atoms with Crippen molar-refractivity contribution in [1.82, 2.24) is 0 Å². The van der Waals surface area contributed by atoms with Gasteiger partial charge in [-0.15, -0.1) is 0 Å². The molecule has 3 aromatic rings. The molecule has 0 spiro atoms. The Hall–Kier alpha value is -3.17. The lowest BCUT2D eigenvalue weighted by atomic mass is 9.58. The molecule has 1 aliphatic carbocycles. The normalized spacial score (nSPS) is 27.4. The van der Waals surface area contributed by atoms with Crippen LogP contribution in [0, 0.1) is 11.3 Å². The van der Waals surface area contributed by atoms with E-state index in [4.69, 9.17) is 11.6 Å². The molecule has 0 N–H and O–H groups in total. The van der Waals surface area contributed by atoms with Gasteiger partial charge in [-0.25, -0.2) is 4.90 Å². The first-order valence-corrected chi connectivity index (χ1v) is 10.8. The third-order valence-corrected chi connectivity index (χ3v) is 6.96. The van der Waals surface area contributed by atoms with Gasteiger partial charge in [0.25, 0.3) is 0 Å². The van der Waals surface area contributed by atoms with E-state index in [1.807, 2.05) is 67.6 Å².